The van der Waals surface area contributed by atoms with Gasteiger partial charge < -0.3 is 5.32 Å². The summed E-state index contributed by atoms with van der Waals surface area (Å²) in [5.41, 5.74) is 3.95. The SMILES string of the molecule is CCCC1=Nc2cc(C(=O)NC3CCC(C)CC3)ccc2Sc2ccccc21. The van der Waals surface area contributed by atoms with Crippen LogP contribution in [-0.4, -0.2) is 17.7 Å². The first-order valence-electron chi connectivity index (χ1n) is 10.4. The van der Waals surface area contributed by atoms with Gasteiger partial charge in [0.2, 0.25) is 0 Å². The van der Waals surface area contributed by atoms with Crippen LogP contribution < -0.4 is 5.32 Å². The Labute approximate surface area is 172 Å². The molecule has 0 bridgehead atoms. The normalized spacial score (nSPS) is 21.1. The van der Waals surface area contributed by atoms with Gasteiger partial charge in [0.25, 0.3) is 5.91 Å². The minimum Gasteiger partial charge on any atom is -0.349 e. The quantitative estimate of drug-likeness (QED) is 0.656. The van der Waals surface area contributed by atoms with E-state index in [0.29, 0.717) is 11.6 Å². The van der Waals surface area contributed by atoms with Crippen molar-refractivity contribution in [2.45, 2.75) is 68.2 Å². The average molecular weight is 393 g/mol. The first kappa shape index (κ1) is 19.3. The third-order valence-corrected chi connectivity index (χ3v) is 6.87. The molecular formula is C24H28N2OS. The Kier molecular flexibility index (Phi) is 5.86. The number of rotatable bonds is 4. The van der Waals surface area contributed by atoms with Gasteiger partial charge in [0.15, 0.2) is 0 Å². The smallest absolute Gasteiger partial charge is 0.251 e. The van der Waals surface area contributed by atoms with Gasteiger partial charge in [-0.25, -0.2) is 0 Å². The highest BCUT2D eigenvalue weighted by atomic mass is 32.2. The average Bonchev–Trinajstić information content (AvgIpc) is 2.86. The molecule has 28 heavy (non-hydrogen) atoms. The Morgan fingerprint density at radius 2 is 1.89 bits per heavy atom. The van der Waals surface area contributed by atoms with Crippen molar-refractivity contribution in [3.63, 3.8) is 0 Å². The molecule has 1 aliphatic carbocycles. The van der Waals surface area contributed by atoms with Crippen molar-refractivity contribution < 1.29 is 4.79 Å². The number of aliphatic imine (C=N–C) groups is 1. The summed E-state index contributed by atoms with van der Waals surface area (Å²) in [6.45, 7) is 4.48. The molecule has 2 aliphatic rings. The second-order valence-electron chi connectivity index (χ2n) is 8.02. The zero-order valence-corrected chi connectivity index (χ0v) is 17.5. The number of hydrogen-bond acceptors (Lipinski definition) is 3. The van der Waals surface area contributed by atoms with E-state index in [1.54, 1.807) is 11.8 Å². The first-order valence-corrected chi connectivity index (χ1v) is 11.3. The number of nitrogens with one attached hydrogen (secondary N) is 1. The number of hydrogen-bond donors (Lipinski definition) is 1. The molecule has 1 amide bonds. The van der Waals surface area contributed by atoms with Crippen molar-refractivity contribution >= 4 is 29.1 Å². The molecule has 1 fully saturated rings. The molecule has 0 saturated heterocycles. The molecule has 3 nitrogen and oxygen atoms in total. The molecule has 1 aliphatic heterocycles. The Morgan fingerprint density at radius 1 is 1.11 bits per heavy atom. The van der Waals surface area contributed by atoms with Crippen LogP contribution in [0.25, 0.3) is 0 Å². The van der Waals surface area contributed by atoms with E-state index >= 15 is 0 Å². The minimum absolute atomic E-state index is 0.0290. The number of nitrogens with zero attached hydrogens (tertiary/aromatic N) is 1. The van der Waals surface area contributed by atoms with Crippen molar-refractivity contribution in [3.8, 4) is 0 Å². The Hall–Kier alpha value is -2.07. The van der Waals surface area contributed by atoms with Crippen LogP contribution in [0.1, 0.15) is 68.3 Å². The monoisotopic (exact) mass is 392 g/mol. The van der Waals surface area contributed by atoms with Crippen LogP contribution in [0.4, 0.5) is 5.69 Å². The summed E-state index contributed by atoms with van der Waals surface area (Å²) >= 11 is 1.74. The Morgan fingerprint density at radius 3 is 2.68 bits per heavy atom. The van der Waals surface area contributed by atoms with Crippen molar-refractivity contribution in [2.24, 2.45) is 10.9 Å². The van der Waals surface area contributed by atoms with E-state index < -0.39 is 0 Å². The lowest BCUT2D eigenvalue weighted by molar-refractivity contribution is 0.0923. The fraction of sp³-hybridized carbons (Fsp3) is 0.417. The number of benzene rings is 2. The highest BCUT2D eigenvalue weighted by Crippen LogP contribution is 2.41. The van der Waals surface area contributed by atoms with Gasteiger partial charge in [-0.05, 0) is 62.3 Å². The first-order chi connectivity index (χ1) is 13.6. The molecule has 2 aromatic rings. The van der Waals surface area contributed by atoms with Crippen LogP contribution >= 0.6 is 11.8 Å². The fourth-order valence-corrected chi connectivity index (χ4v) is 5.08. The van der Waals surface area contributed by atoms with Gasteiger partial charge >= 0.3 is 0 Å². The van der Waals surface area contributed by atoms with E-state index in [0.717, 1.165) is 47.9 Å². The number of carbonyl (C=O) groups is 1. The van der Waals surface area contributed by atoms with E-state index in [-0.39, 0.29) is 5.91 Å². The van der Waals surface area contributed by atoms with Crippen LogP contribution in [0.3, 0.4) is 0 Å². The number of fused-ring (bicyclic) bond motifs is 2. The van der Waals surface area contributed by atoms with Gasteiger partial charge in [0.05, 0.1) is 5.69 Å². The van der Waals surface area contributed by atoms with Crippen molar-refractivity contribution in [2.75, 3.05) is 0 Å². The van der Waals surface area contributed by atoms with E-state index in [1.807, 2.05) is 18.2 Å². The van der Waals surface area contributed by atoms with E-state index in [2.05, 4.69) is 43.4 Å². The standard InChI is InChI=1S/C24H28N2OS/c1-3-6-20-19-7-4-5-8-22(19)28-23-14-11-17(15-21(23)26-20)24(27)25-18-12-9-16(2)10-13-18/h4-5,7-8,11,14-16,18H,3,6,9-10,12-13H2,1-2H3,(H,25,27). The van der Waals surface area contributed by atoms with Crippen LogP contribution in [0.15, 0.2) is 57.2 Å². The van der Waals surface area contributed by atoms with Crippen LogP contribution in [0, 0.1) is 5.92 Å². The lowest BCUT2D eigenvalue weighted by atomic mass is 9.87. The van der Waals surface area contributed by atoms with Gasteiger partial charge in [-0.3, -0.25) is 9.79 Å². The molecule has 4 heteroatoms. The molecule has 0 spiro atoms. The minimum atomic E-state index is 0.0290. The molecule has 0 aromatic heterocycles. The lowest BCUT2D eigenvalue weighted by Gasteiger charge is -2.27. The van der Waals surface area contributed by atoms with Crippen LogP contribution in [0.2, 0.25) is 0 Å². The zero-order chi connectivity index (χ0) is 19.5. The molecule has 0 radical (unpaired) electrons. The molecule has 1 heterocycles. The van der Waals surface area contributed by atoms with Crippen LogP contribution in [0.5, 0.6) is 0 Å². The topological polar surface area (TPSA) is 41.5 Å². The summed E-state index contributed by atoms with van der Waals surface area (Å²) in [5, 5.41) is 3.24. The van der Waals surface area contributed by atoms with Crippen LogP contribution in [-0.2, 0) is 0 Å². The predicted molar refractivity (Wildman–Crippen MR) is 117 cm³/mol. The highest BCUT2D eigenvalue weighted by molar-refractivity contribution is 7.99. The fourth-order valence-electron chi connectivity index (χ4n) is 4.05. The zero-order valence-electron chi connectivity index (χ0n) is 16.7. The molecule has 1 saturated carbocycles. The predicted octanol–water partition coefficient (Wildman–Crippen LogP) is 6.38. The molecule has 0 unspecified atom stereocenters. The van der Waals surface area contributed by atoms with Crippen molar-refractivity contribution in [3.05, 3.63) is 53.6 Å². The lowest BCUT2D eigenvalue weighted by Crippen LogP contribution is -2.37. The third-order valence-electron chi connectivity index (χ3n) is 5.73. The third kappa shape index (κ3) is 4.17. The maximum absolute atomic E-state index is 12.8. The second-order valence-corrected chi connectivity index (χ2v) is 9.10. The molecular weight excluding hydrogens is 364 g/mol. The van der Waals surface area contributed by atoms with E-state index in [4.69, 9.17) is 4.99 Å². The van der Waals surface area contributed by atoms with Crippen molar-refractivity contribution in [1.29, 1.82) is 0 Å². The van der Waals surface area contributed by atoms with E-state index in [1.165, 1.54) is 23.3 Å². The van der Waals surface area contributed by atoms with E-state index in [9.17, 15) is 4.79 Å². The summed E-state index contributed by atoms with van der Waals surface area (Å²) in [6.07, 6.45) is 6.56. The molecule has 4 rings (SSSR count). The Bertz CT molecular complexity index is 897. The summed E-state index contributed by atoms with van der Waals surface area (Å²) < 4.78 is 0. The maximum atomic E-state index is 12.8. The summed E-state index contributed by atoms with van der Waals surface area (Å²) in [7, 11) is 0. The van der Waals surface area contributed by atoms with Gasteiger partial charge in [-0.15, -0.1) is 0 Å². The summed E-state index contributed by atoms with van der Waals surface area (Å²) in [4.78, 5) is 20.2. The summed E-state index contributed by atoms with van der Waals surface area (Å²) in [5.74, 6) is 0.812. The molecule has 1 N–H and O–H groups in total. The number of amides is 1. The molecule has 0 atom stereocenters. The largest absolute Gasteiger partial charge is 0.349 e. The Balaban J connectivity index is 1.60. The maximum Gasteiger partial charge on any atom is 0.251 e. The number of carbonyl (C=O) groups excluding carboxylic acids is 1. The van der Waals surface area contributed by atoms with Gasteiger partial charge in [0, 0.05) is 32.7 Å². The van der Waals surface area contributed by atoms with Gasteiger partial charge in [0.1, 0.15) is 0 Å². The van der Waals surface area contributed by atoms with Crippen molar-refractivity contribution in [1.82, 2.24) is 5.32 Å². The molecule has 146 valence electrons. The highest BCUT2D eigenvalue weighted by Gasteiger charge is 2.22. The molecule has 2 aromatic carbocycles. The second kappa shape index (κ2) is 8.52. The van der Waals surface area contributed by atoms with Gasteiger partial charge in [-0.1, -0.05) is 50.2 Å². The summed E-state index contributed by atoms with van der Waals surface area (Å²) in [6, 6.07) is 14.7. The van der Waals surface area contributed by atoms with Gasteiger partial charge in [-0.2, -0.15) is 0 Å².